The summed E-state index contributed by atoms with van der Waals surface area (Å²) in [6, 6.07) is 13.5. The van der Waals surface area contributed by atoms with Crippen molar-refractivity contribution in [3.05, 3.63) is 70.5 Å². The van der Waals surface area contributed by atoms with Crippen LogP contribution in [0.3, 0.4) is 0 Å². The lowest BCUT2D eigenvalue weighted by atomic mass is 10.00. The van der Waals surface area contributed by atoms with Crippen molar-refractivity contribution in [3.63, 3.8) is 0 Å². The summed E-state index contributed by atoms with van der Waals surface area (Å²) in [6.07, 6.45) is 0. The predicted octanol–water partition coefficient (Wildman–Crippen LogP) is 4.29. The quantitative estimate of drug-likeness (QED) is 0.861. The van der Waals surface area contributed by atoms with Crippen molar-refractivity contribution in [2.75, 3.05) is 0 Å². The molecule has 0 aliphatic rings. The van der Waals surface area contributed by atoms with Crippen LogP contribution < -0.4 is 5.32 Å². The number of halogens is 1. The fourth-order valence-corrected chi connectivity index (χ4v) is 2.34. The topological polar surface area (TPSA) is 12.0 Å². The minimum atomic E-state index is -0.182. The molecule has 0 amide bonds. The molecular formula is C17H20FN. The minimum absolute atomic E-state index is 0.182. The molecule has 0 aromatic heterocycles. The Labute approximate surface area is 114 Å². The molecule has 2 aromatic rings. The van der Waals surface area contributed by atoms with Crippen LogP contribution in [-0.2, 0) is 6.54 Å². The monoisotopic (exact) mass is 257 g/mol. The molecule has 1 N–H and O–H groups in total. The van der Waals surface area contributed by atoms with Crippen molar-refractivity contribution in [2.24, 2.45) is 0 Å². The third-order valence-electron chi connectivity index (χ3n) is 3.39. The average Bonchev–Trinajstić information content (AvgIpc) is 2.36. The standard InChI is InChI=1S/C17H20FN/c1-12-7-8-17(13(2)9-12)14(3)19-11-15-5-4-6-16(18)10-15/h4-10,14,19H,11H2,1-3H3. The van der Waals surface area contributed by atoms with Crippen molar-refractivity contribution in [3.8, 4) is 0 Å². The Morgan fingerprint density at radius 1 is 1.11 bits per heavy atom. The summed E-state index contributed by atoms with van der Waals surface area (Å²) in [6.45, 7) is 7.04. The number of hydrogen-bond acceptors (Lipinski definition) is 1. The van der Waals surface area contributed by atoms with Gasteiger partial charge < -0.3 is 5.32 Å². The first-order chi connectivity index (χ1) is 9.06. The fourth-order valence-electron chi connectivity index (χ4n) is 2.34. The summed E-state index contributed by atoms with van der Waals surface area (Å²) >= 11 is 0. The molecule has 2 rings (SSSR count). The maximum absolute atomic E-state index is 13.1. The fraction of sp³-hybridized carbons (Fsp3) is 0.294. The molecule has 0 saturated heterocycles. The second kappa shape index (κ2) is 5.98. The van der Waals surface area contributed by atoms with E-state index in [4.69, 9.17) is 0 Å². The summed E-state index contributed by atoms with van der Waals surface area (Å²) < 4.78 is 13.1. The van der Waals surface area contributed by atoms with Crippen LogP contribution in [0.2, 0.25) is 0 Å². The highest BCUT2D eigenvalue weighted by atomic mass is 19.1. The van der Waals surface area contributed by atoms with E-state index in [0.717, 1.165) is 5.56 Å². The van der Waals surface area contributed by atoms with E-state index >= 15 is 0 Å². The lowest BCUT2D eigenvalue weighted by Crippen LogP contribution is -2.19. The van der Waals surface area contributed by atoms with Gasteiger partial charge in [0.2, 0.25) is 0 Å². The first kappa shape index (κ1) is 13.8. The van der Waals surface area contributed by atoms with Crippen molar-refractivity contribution in [1.82, 2.24) is 5.32 Å². The molecule has 19 heavy (non-hydrogen) atoms. The van der Waals surface area contributed by atoms with Gasteiger partial charge in [0, 0.05) is 12.6 Å². The van der Waals surface area contributed by atoms with Gasteiger partial charge in [-0.3, -0.25) is 0 Å². The number of rotatable bonds is 4. The molecule has 2 heteroatoms. The lowest BCUT2D eigenvalue weighted by Gasteiger charge is -2.17. The highest BCUT2D eigenvalue weighted by molar-refractivity contribution is 5.32. The van der Waals surface area contributed by atoms with E-state index in [1.165, 1.54) is 22.8 Å². The van der Waals surface area contributed by atoms with Gasteiger partial charge in [-0.25, -0.2) is 4.39 Å². The van der Waals surface area contributed by atoms with Crippen LogP contribution in [0.25, 0.3) is 0 Å². The Morgan fingerprint density at radius 2 is 1.89 bits per heavy atom. The van der Waals surface area contributed by atoms with E-state index in [1.807, 2.05) is 6.07 Å². The van der Waals surface area contributed by atoms with Gasteiger partial charge in [0.15, 0.2) is 0 Å². The van der Waals surface area contributed by atoms with Gasteiger partial charge in [0.05, 0.1) is 0 Å². The number of nitrogens with one attached hydrogen (secondary N) is 1. The zero-order valence-electron chi connectivity index (χ0n) is 11.7. The molecular weight excluding hydrogens is 237 g/mol. The Kier molecular flexibility index (Phi) is 4.33. The zero-order chi connectivity index (χ0) is 13.8. The molecule has 1 atom stereocenters. The molecule has 1 nitrogen and oxygen atoms in total. The van der Waals surface area contributed by atoms with Crippen molar-refractivity contribution in [1.29, 1.82) is 0 Å². The van der Waals surface area contributed by atoms with Gasteiger partial charge in [-0.2, -0.15) is 0 Å². The van der Waals surface area contributed by atoms with Gasteiger partial charge in [-0.1, -0.05) is 35.9 Å². The molecule has 0 radical (unpaired) electrons. The molecule has 100 valence electrons. The zero-order valence-corrected chi connectivity index (χ0v) is 11.7. The molecule has 2 aromatic carbocycles. The molecule has 0 bridgehead atoms. The van der Waals surface area contributed by atoms with E-state index in [1.54, 1.807) is 12.1 Å². The van der Waals surface area contributed by atoms with Gasteiger partial charge in [0.1, 0.15) is 5.82 Å². The second-order valence-corrected chi connectivity index (χ2v) is 5.09. The van der Waals surface area contributed by atoms with Crippen LogP contribution in [0, 0.1) is 19.7 Å². The van der Waals surface area contributed by atoms with Gasteiger partial charge in [0.25, 0.3) is 0 Å². The maximum atomic E-state index is 13.1. The summed E-state index contributed by atoms with van der Waals surface area (Å²) in [5.41, 5.74) is 4.83. The highest BCUT2D eigenvalue weighted by Gasteiger charge is 2.08. The Balaban J connectivity index is 2.03. The van der Waals surface area contributed by atoms with Crippen LogP contribution in [-0.4, -0.2) is 0 Å². The predicted molar refractivity (Wildman–Crippen MR) is 77.6 cm³/mol. The van der Waals surface area contributed by atoms with E-state index in [0.29, 0.717) is 6.54 Å². The molecule has 0 saturated carbocycles. The Morgan fingerprint density at radius 3 is 2.58 bits per heavy atom. The van der Waals surface area contributed by atoms with E-state index in [9.17, 15) is 4.39 Å². The minimum Gasteiger partial charge on any atom is -0.306 e. The summed E-state index contributed by atoms with van der Waals surface area (Å²) in [4.78, 5) is 0. The molecule has 0 fully saturated rings. The Hall–Kier alpha value is -1.67. The number of benzene rings is 2. The van der Waals surface area contributed by atoms with Gasteiger partial charge in [-0.15, -0.1) is 0 Å². The van der Waals surface area contributed by atoms with E-state index in [-0.39, 0.29) is 11.9 Å². The summed E-state index contributed by atoms with van der Waals surface area (Å²) in [5.74, 6) is -0.182. The number of aryl methyl sites for hydroxylation is 2. The van der Waals surface area contributed by atoms with Crippen molar-refractivity contribution in [2.45, 2.75) is 33.4 Å². The Bertz CT molecular complexity index is 563. The second-order valence-electron chi connectivity index (χ2n) is 5.09. The summed E-state index contributed by atoms with van der Waals surface area (Å²) in [7, 11) is 0. The van der Waals surface area contributed by atoms with Crippen LogP contribution >= 0.6 is 0 Å². The van der Waals surface area contributed by atoms with E-state index in [2.05, 4.69) is 44.3 Å². The molecule has 1 unspecified atom stereocenters. The smallest absolute Gasteiger partial charge is 0.123 e. The van der Waals surface area contributed by atoms with Crippen LogP contribution in [0.15, 0.2) is 42.5 Å². The van der Waals surface area contributed by atoms with Crippen LogP contribution in [0.4, 0.5) is 4.39 Å². The molecule has 0 aliphatic heterocycles. The summed E-state index contributed by atoms with van der Waals surface area (Å²) in [5, 5.41) is 3.44. The largest absolute Gasteiger partial charge is 0.306 e. The van der Waals surface area contributed by atoms with Crippen LogP contribution in [0.5, 0.6) is 0 Å². The third kappa shape index (κ3) is 3.65. The SMILES string of the molecule is Cc1ccc(C(C)NCc2cccc(F)c2)c(C)c1. The molecule has 0 heterocycles. The maximum Gasteiger partial charge on any atom is 0.123 e. The number of hydrogen-bond donors (Lipinski definition) is 1. The first-order valence-corrected chi connectivity index (χ1v) is 6.61. The van der Waals surface area contributed by atoms with E-state index < -0.39 is 0 Å². The molecule has 0 aliphatic carbocycles. The van der Waals surface area contributed by atoms with Crippen LogP contribution in [0.1, 0.15) is 35.2 Å². The van der Waals surface area contributed by atoms with Crippen molar-refractivity contribution >= 4 is 0 Å². The first-order valence-electron chi connectivity index (χ1n) is 6.61. The van der Waals surface area contributed by atoms with Gasteiger partial charge in [-0.05, 0) is 49.6 Å². The molecule has 0 spiro atoms. The van der Waals surface area contributed by atoms with Crippen molar-refractivity contribution < 1.29 is 4.39 Å². The normalized spacial score (nSPS) is 12.4. The highest BCUT2D eigenvalue weighted by Crippen LogP contribution is 2.19. The lowest BCUT2D eigenvalue weighted by molar-refractivity contribution is 0.567. The van der Waals surface area contributed by atoms with Gasteiger partial charge >= 0.3 is 0 Å². The third-order valence-corrected chi connectivity index (χ3v) is 3.39. The average molecular weight is 257 g/mol.